The number of halogens is 3. The predicted molar refractivity (Wildman–Crippen MR) is 174 cm³/mol. The van der Waals surface area contributed by atoms with Crippen molar-refractivity contribution in [2.45, 2.75) is 31.5 Å². The number of carbonyl (C=O) groups excluding carboxylic acids is 2. The summed E-state index contributed by atoms with van der Waals surface area (Å²) in [5.41, 5.74) is -2.42. The van der Waals surface area contributed by atoms with Gasteiger partial charge in [0.1, 0.15) is 0 Å². The van der Waals surface area contributed by atoms with E-state index in [4.69, 9.17) is 4.74 Å². The molecule has 2 unspecified atom stereocenters. The van der Waals surface area contributed by atoms with Gasteiger partial charge in [0.15, 0.2) is 12.0 Å². The van der Waals surface area contributed by atoms with Crippen molar-refractivity contribution in [1.29, 1.82) is 0 Å². The van der Waals surface area contributed by atoms with E-state index in [1.807, 2.05) is 25.1 Å². The van der Waals surface area contributed by atoms with Gasteiger partial charge < -0.3 is 24.2 Å². The van der Waals surface area contributed by atoms with Crippen LogP contribution in [0.3, 0.4) is 0 Å². The molecule has 0 fully saturated rings. The van der Waals surface area contributed by atoms with Crippen molar-refractivity contribution >= 4 is 51.6 Å². The highest BCUT2D eigenvalue weighted by atomic mass is 32.1. The van der Waals surface area contributed by atoms with Gasteiger partial charge in [-0.05, 0) is 55.0 Å². The minimum absolute atomic E-state index is 0.173. The second-order valence-electron chi connectivity index (χ2n) is 11.1. The number of anilines is 2. The standard InChI is InChI=1S/C34H30F3N5O4S/c1-21-40(2)19-27(46-21)28-16-17-29(47-28)30(43)39-32-38-25-18-24(41(3)31(44)22-10-6-4-7-11-22)14-15-26(25)42(32)20-33(45,34(35,36)37)23-12-8-5-9-13-23/h4-19,21,45H,20H2,1-3H3,(H,38,39,43). The maximum atomic E-state index is 14.6. The fourth-order valence-electron chi connectivity index (χ4n) is 5.23. The molecule has 3 heterocycles. The second-order valence-corrected chi connectivity index (χ2v) is 12.2. The molecule has 3 aromatic carbocycles. The van der Waals surface area contributed by atoms with Gasteiger partial charge in [0.2, 0.25) is 11.5 Å². The number of aliphatic hydroxyl groups is 1. The summed E-state index contributed by atoms with van der Waals surface area (Å²) in [5.74, 6) is -0.526. The van der Waals surface area contributed by atoms with E-state index >= 15 is 0 Å². The van der Waals surface area contributed by atoms with Gasteiger partial charge in [-0.25, -0.2) is 4.98 Å². The lowest BCUT2D eigenvalue weighted by Crippen LogP contribution is -2.46. The fraction of sp³-hybridized carbons (Fsp3) is 0.206. The highest BCUT2D eigenvalue weighted by molar-refractivity contribution is 7.15. The molecule has 0 saturated heterocycles. The number of aromatic nitrogens is 2. The van der Waals surface area contributed by atoms with Crippen molar-refractivity contribution in [1.82, 2.24) is 14.5 Å². The molecule has 0 spiro atoms. The molecule has 2 atom stereocenters. The van der Waals surface area contributed by atoms with Gasteiger partial charge in [0.25, 0.3) is 11.8 Å². The Morgan fingerprint density at radius 3 is 2.34 bits per heavy atom. The molecule has 13 heteroatoms. The zero-order chi connectivity index (χ0) is 33.5. The first kappa shape index (κ1) is 31.8. The van der Waals surface area contributed by atoms with Crippen LogP contribution in [0.5, 0.6) is 0 Å². The van der Waals surface area contributed by atoms with Crippen molar-refractivity contribution in [3.63, 3.8) is 0 Å². The molecule has 1 aliphatic rings. The van der Waals surface area contributed by atoms with E-state index in [0.717, 1.165) is 15.9 Å². The molecule has 6 rings (SSSR count). The van der Waals surface area contributed by atoms with Crippen LogP contribution in [0.4, 0.5) is 24.8 Å². The van der Waals surface area contributed by atoms with E-state index in [1.165, 1.54) is 35.2 Å². The molecule has 0 saturated carbocycles. The van der Waals surface area contributed by atoms with Gasteiger partial charge in [0.05, 0.1) is 27.3 Å². The summed E-state index contributed by atoms with van der Waals surface area (Å²) in [6, 6.07) is 23.3. The van der Waals surface area contributed by atoms with Crippen molar-refractivity contribution < 1.29 is 32.6 Å². The lowest BCUT2D eigenvalue weighted by atomic mass is 9.93. The van der Waals surface area contributed by atoms with Gasteiger partial charge in [-0.15, -0.1) is 11.3 Å². The summed E-state index contributed by atoms with van der Waals surface area (Å²) >= 11 is 1.15. The average molecular weight is 662 g/mol. The Labute approximate surface area is 272 Å². The molecule has 0 aliphatic carbocycles. The maximum absolute atomic E-state index is 14.6. The van der Waals surface area contributed by atoms with Crippen LogP contribution in [0.1, 0.15) is 37.4 Å². The van der Waals surface area contributed by atoms with E-state index in [-0.39, 0.29) is 39.6 Å². The average Bonchev–Trinajstić information content (AvgIpc) is 3.78. The first-order valence-corrected chi connectivity index (χ1v) is 15.4. The number of nitrogens with one attached hydrogen (secondary N) is 1. The Kier molecular flexibility index (Phi) is 8.28. The molecule has 0 bridgehead atoms. The van der Waals surface area contributed by atoms with Gasteiger partial charge in [-0.1, -0.05) is 48.5 Å². The van der Waals surface area contributed by atoms with E-state index in [0.29, 0.717) is 21.9 Å². The van der Waals surface area contributed by atoms with Crippen molar-refractivity contribution in [3.05, 3.63) is 118 Å². The quantitative estimate of drug-likeness (QED) is 0.193. The first-order valence-electron chi connectivity index (χ1n) is 14.6. The number of amides is 2. The normalized spacial score (nSPS) is 16.0. The molecular weight excluding hydrogens is 631 g/mol. The predicted octanol–water partition coefficient (Wildman–Crippen LogP) is 6.68. The number of alkyl halides is 3. The van der Waals surface area contributed by atoms with E-state index in [9.17, 15) is 27.9 Å². The Morgan fingerprint density at radius 1 is 1.02 bits per heavy atom. The lowest BCUT2D eigenvalue weighted by molar-refractivity contribution is -0.271. The van der Waals surface area contributed by atoms with Crippen molar-refractivity contribution in [3.8, 4) is 0 Å². The lowest BCUT2D eigenvalue weighted by Gasteiger charge is -2.32. The Morgan fingerprint density at radius 2 is 1.70 bits per heavy atom. The van der Waals surface area contributed by atoms with Crippen LogP contribution in [-0.4, -0.2) is 57.9 Å². The number of carbonyl (C=O) groups is 2. The Bertz CT molecular complexity index is 1980. The monoisotopic (exact) mass is 661 g/mol. The molecule has 2 amide bonds. The third kappa shape index (κ3) is 6.07. The minimum atomic E-state index is -5.09. The number of hydrogen-bond donors (Lipinski definition) is 2. The highest BCUT2D eigenvalue weighted by Gasteiger charge is 2.55. The third-order valence-electron chi connectivity index (χ3n) is 8.04. The van der Waals surface area contributed by atoms with Crippen LogP contribution in [0.15, 0.2) is 97.2 Å². The van der Waals surface area contributed by atoms with Crippen LogP contribution in [0, 0.1) is 0 Å². The van der Waals surface area contributed by atoms with E-state index < -0.39 is 24.2 Å². The summed E-state index contributed by atoms with van der Waals surface area (Å²) in [6.45, 7) is 0.874. The minimum Gasteiger partial charge on any atom is -0.468 e. The summed E-state index contributed by atoms with van der Waals surface area (Å²) in [4.78, 5) is 35.3. The Hall–Kier alpha value is -5.14. The van der Waals surface area contributed by atoms with Gasteiger partial charge >= 0.3 is 6.18 Å². The van der Waals surface area contributed by atoms with E-state index in [1.54, 1.807) is 67.7 Å². The largest absolute Gasteiger partial charge is 0.468 e. The molecule has 5 aromatic rings. The highest BCUT2D eigenvalue weighted by Crippen LogP contribution is 2.42. The van der Waals surface area contributed by atoms with Crippen LogP contribution < -0.4 is 10.2 Å². The third-order valence-corrected chi connectivity index (χ3v) is 9.14. The smallest absolute Gasteiger partial charge is 0.423 e. The molecule has 1 aliphatic heterocycles. The SMILES string of the molecule is CC1OC(c2ccc(C(=O)Nc3nc4cc(N(C)C(=O)c5ccccc5)ccc4n3CC(O)(c3ccccc3)C(F)(F)F)s2)=CN1C. The molecule has 47 heavy (non-hydrogen) atoms. The molecule has 9 nitrogen and oxygen atoms in total. The number of thiophene rings is 1. The number of imidazole rings is 1. The summed E-state index contributed by atoms with van der Waals surface area (Å²) < 4.78 is 50.8. The summed E-state index contributed by atoms with van der Waals surface area (Å²) in [6.07, 6.45) is -3.44. The molecule has 2 N–H and O–H groups in total. The molecule has 242 valence electrons. The van der Waals surface area contributed by atoms with Crippen molar-refractivity contribution in [2.24, 2.45) is 0 Å². The van der Waals surface area contributed by atoms with Crippen LogP contribution in [0.25, 0.3) is 16.8 Å². The second kappa shape index (κ2) is 12.2. The number of rotatable bonds is 8. The number of fused-ring (bicyclic) bond motifs is 1. The van der Waals surface area contributed by atoms with Crippen LogP contribution in [0.2, 0.25) is 0 Å². The molecule has 2 aromatic heterocycles. The van der Waals surface area contributed by atoms with Gasteiger partial charge in [-0.3, -0.25) is 14.9 Å². The number of benzene rings is 3. The number of hydrogen-bond acceptors (Lipinski definition) is 7. The summed E-state index contributed by atoms with van der Waals surface area (Å²) in [5, 5.41) is 13.9. The molecule has 0 radical (unpaired) electrons. The van der Waals surface area contributed by atoms with E-state index in [2.05, 4.69) is 10.3 Å². The van der Waals surface area contributed by atoms with Crippen LogP contribution >= 0.6 is 11.3 Å². The van der Waals surface area contributed by atoms with Gasteiger partial charge in [0, 0.05) is 31.5 Å². The zero-order valence-electron chi connectivity index (χ0n) is 25.5. The van der Waals surface area contributed by atoms with Gasteiger partial charge in [-0.2, -0.15) is 13.2 Å². The van der Waals surface area contributed by atoms with Crippen LogP contribution in [-0.2, 0) is 16.9 Å². The maximum Gasteiger partial charge on any atom is 0.423 e. The summed E-state index contributed by atoms with van der Waals surface area (Å²) in [7, 11) is 3.44. The number of nitrogens with zero attached hydrogens (tertiary/aromatic N) is 4. The number of ether oxygens (including phenoxy) is 1. The zero-order valence-corrected chi connectivity index (χ0v) is 26.3. The Balaban J connectivity index is 1.39. The fourth-order valence-corrected chi connectivity index (χ4v) is 6.08. The topological polar surface area (TPSA) is 99.9 Å². The molecular formula is C34H30F3N5O4S. The van der Waals surface area contributed by atoms with Crippen molar-refractivity contribution in [2.75, 3.05) is 24.3 Å². The first-order chi connectivity index (χ1) is 22.4.